The van der Waals surface area contributed by atoms with Gasteiger partial charge >= 0.3 is 0 Å². The molecule has 1 aromatic rings. The lowest BCUT2D eigenvalue weighted by atomic mass is 10.2. The third kappa shape index (κ3) is 4.73. The van der Waals surface area contributed by atoms with Crippen LogP contribution >= 0.6 is 11.8 Å². The molecule has 0 spiro atoms. The van der Waals surface area contributed by atoms with Gasteiger partial charge in [0.2, 0.25) is 5.91 Å². The maximum Gasteiger partial charge on any atom is 0.232 e. The third-order valence-corrected chi connectivity index (χ3v) is 6.78. The number of aryl methyl sites for hydroxylation is 2. The topological polar surface area (TPSA) is 80.5 Å². The number of aromatic nitrogens is 1. The van der Waals surface area contributed by atoms with Crippen molar-refractivity contribution < 1.29 is 17.7 Å². The van der Waals surface area contributed by atoms with Crippen LogP contribution in [0.5, 0.6) is 0 Å². The lowest BCUT2D eigenvalue weighted by Gasteiger charge is -2.27. The van der Waals surface area contributed by atoms with Crippen LogP contribution in [0.1, 0.15) is 36.8 Å². The van der Waals surface area contributed by atoms with Gasteiger partial charge in [-0.3, -0.25) is 4.79 Å². The van der Waals surface area contributed by atoms with Gasteiger partial charge in [-0.1, -0.05) is 12.1 Å². The van der Waals surface area contributed by atoms with Crippen LogP contribution in [0.25, 0.3) is 0 Å². The van der Waals surface area contributed by atoms with Crippen LogP contribution in [0.15, 0.2) is 4.52 Å². The van der Waals surface area contributed by atoms with Gasteiger partial charge in [-0.2, -0.15) is 0 Å². The van der Waals surface area contributed by atoms with Crippen LogP contribution in [0.3, 0.4) is 0 Å². The van der Waals surface area contributed by atoms with Crippen LogP contribution in [-0.4, -0.2) is 54.2 Å². The van der Waals surface area contributed by atoms with Crippen molar-refractivity contribution in [3.8, 4) is 0 Å². The summed E-state index contributed by atoms with van der Waals surface area (Å²) < 4.78 is 28.4. The van der Waals surface area contributed by atoms with E-state index in [0.29, 0.717) is 24.5 Å². The normalized spacial score (nSPS) is 19.9. The van der Waals surface area contributed by atoms with E-state index in [-0.39, 0.29) is 23.5 Å². The molecule has 0 aliphatic carbocycles. The molecule has 23 heavy (non-hydrogen) atoms. The maximum atomic E-state index is 12.5. The predicted molar refractivity (Wildman–Crippen MR) is 91.2 cm³/mol. The molecule has 1 fully saturated rings. The molecule has 1 amide bonds. The Morgan fingerprint density at radius 2 is 2.17 bits per heavy atom. The van der Waals surface area contributed by atoms with Gasteiger partial charge in [0.05, 0.1) is 23.0 Å². The fourth-order valence-electron chi connectivity index (χ4n) is 2.80. The fraction of sp³-hybridized carbons (Fsp3) is 0.733. The molecule has 6 nitrogen and oxygen atoms in total. The van der Waals surface area contributed by atoms with E-state index < -0.39 is 9.84 Å². The number of carbonyl (C=O) groups excluding carboxylic acids is 1. The number of nitrogens with zero attached hydrogens (tertiary/aromatic N) is 2. The molecule has 130 valence electrons. The molecule has 2 rings (SSSR count). The van der Waals surface area contributed by atoms with Crippen LogP contribution in [0.4, 0.5) is 0 Å². The number of thioether (sulfide) groups is 1. The van der Waals surface area contributed by atoms with Crippen LogP contribution < -0.4 is 0 Å². The summed E-state index contributed by atoms with van der Waals surface area (Å²) in [7, 11) is -2.98. The first-order chi connectivity index (χ1) is 10.8. The largest absolute Gasteiger partial charge is 0.361 e. The summed E-state index contributed by atoms with van der Waals surface area (Å²) in [6.07, 6.45) is 1.39. The Hall–Kier alpha value is -1.02. The summed E-state index contributed by atoms with van der Waals surface area (Å²) >= 11 is 1.52. The zero-order valence-electron chi connectivity index (χ0n) is 13.9. The average molecular weight is 361 g/mol. The molecule has 0 saturated carbocycles. The second-order valence-electron chi connectivity index (χ2n) is 5.94. The first-order valence-electron chi connectivity index (χ1n) is 7.83. The lowest BCUT2D eigenvalue weighted by Crippen LogP contribution is -2.42. The van der Waals surface area contributed by atoms with Crippen LogP contribution in [0.2, 0.25) is 0 Å². The Labute approximate surface area is 141 Å². The first-order valence-corrected chi connectivity index (χ1v) is 10.8. The molecule has 0 radical (unpaired) electrons. The predicted octanol–water partition coefficient (Wildman–Crippen LogP) is 1.95. The van der Waals surface area contributed by atoms with E-state index in [1.54, 1.807) is 4.90 Å². The highest BCUT2D eigenvalue weighted by Crippen LogP contribution is 2.22. The molecule has 1 saturated heterocycles. The van der Waals surface area contributed by atoms with Gasteiger partial charge < -0.3 is 9.42 Å². The van der Waals surface area contributed by atoms with Gasteiger partial charge in [-0.15, -0.1) is 11.8 Å². The van der Waals surface area contributed by atoms with E-state index in [1.807, 2.05) is 20.8 Å². The molecule has 2 heterocycles. The Kier molecular flexibility index (Phi) is 6.13. The van der Waals surface area contributed by atoms with Gasteiger partial charge in [0, 0.05) is 23.9 Å². The van der Waals surface area contributed by atoms with Crippen molar-refractivity contribution in [2.45, 2.75) is 45.4 Å². The molecule has 1 atom stereocenters. The standard InChI is InChI=1S/C15H24N2O4S2/c1-4-6-17(13-5-7-23(19,20)10-13)15(18)9-22-8-14-11(2)16-21-12(14)3/h13H,4-10H2,1-3H3. The second kappa shape index (κ2) is 7.70. The van der Waals surface area contributed by atoms with Crippen molar-refractivity contribution in [3.63, 3.8) is 0 Å². The van der Waals surface area contributed by atoms with E-state index >= 15 is 0 Å². The average Bonchev–Trinajstić information content (AvgIpc) is 3.00. The quantitative estimate of drug-likeness (QED) is 0.739. The molecule has 1 aromatic heterocycles. The molecule has 1 unspecified atom stereocenters. The number of amides is 1. The molecular weight excluding hydrogens is 336 g/mol. The summed E-state index contributed by atoms with van der Waals surface area (Å²) in [4.78, 5) is 14.3. The Morgan fingerprint density at radius 1 is 1.43 bits per heavy atom. The maximum absolute atomic E-state index is 12.5. The first kappa shape index (κ1) is 18.3. The van der Waals surface area contributed by atoms with Crippen molar-refractivity contribution in [1.82, 2.24) is 10.1 Å². The minimum absolute atomic E-state index is 0.0192. The van der Waals surface area contributed by atoms with E-state index in [2.05, 4.69) is 5.16 Å². The fourth-order valence-corrected chi connectivity index (χ4v) is 5.59. The third-order valence-electron chi connectivity index (χ3n) is 4.09. The highest BCUT2D eigenvalue weighted by atomic mass is 32.2. The Bertz CT molecular complexity index is 635. The Morgan fingerprint density at radius 3 is 2.70 bits per heavy atom. The van der Waals surface area contributed by atoms with E-state index in [4.69, 9.17) is 4.52 Å². The molecule has 1 aliphatic rings. The van der Waals surface area contributed by atoms with Crippen molar-refractivity contribution >= 4 is 27.5 Å². The molecule has 0 bridgehead atoms. The monoisotopic (exact) mass is 360 g/mol. The summed E-state index contributed by atoms with van der Waals surface area (Å²) in [6.45, 7) is 6.37. The van der Waals surface area contributed by atoms with Crippen molar-refractivity contribution in [2.24, 2.45) is 0 Å². The van der Waals surface area contributed by atoms with Crippen LogP contribution in [0, 0.1) is 13.8 Å². The summed E-state index contributed by atoms with van der Waals surface area (Å²) in [6, 6.07) is -0.160. The van der Waals surface area contributed by atoms with E-state index in [1.165, 1.54) is 11.8 Å². The number of hydrogen-bond donors (Lipinski definition) is 0. The van der Waals surface area contributed by atoms with Gasteiger partial charge in [0.15, 0.2) is 9.84 Å². The van der Waals surface area contributed by atoms with Crippen molar-refractivity contribution in [3.05, 3.63) is 17.0 Å². The summed E-state index contributed by atoms with van der Waals surface area (Å²) in [5.41, 5.74) is 1.89. The second-order valence-corrected chi connectivity index (χ2v) is 9.15. The smallest absolute Gasteiger partial charge is 0.232 e. The molecule has 0 aromatic carbocycles. The molecule has 1 aliphatic heterocycles. The number of hydrogen-bond acceptors (Lipinski definition) is 6. The number of rotatable bonds is 7. The molecular formula is C15H24N2O4S2. The van der Waals surface area contributed by atoms with Gasteiger partial charge in [-0.25, -0.2) is 8.42 Å². The minimum atomic E-state index is -2.98. The molecule has 0 N–H and O–H groups in total. The van der Waals surface area contributed by atoms with Crippen LogP contribution in [-0.2, 0) is 20.4 Å². The zero-order chi connectivity index (χ0) is 17.0. The highest BCUT2D eigenvalue weighted by Gasteiger charge is 2.34. The minimum Gasteiger partial charge on any atom is -0.361 e. The number of sulfone groups is 1. The van der Waals surface area contributed by atoms with Crippen molar-refractivity contribution in [1.29, 1.82) is 0 Å². The Balaban J connectivity index is 1.91. The van der Waals surface area contributed by atoms with Gasteiger partial charge in [-0.05, 0) is 26.7 Å². The zero-order valence-corrected chi connectivity index (χ0v) is 15.5. The molecule has 8 heteroatoms. The van der Waals surface area contributed by atoms with Gasteiger partial charge in [0.25, 0.3) is 0 Å². The lowest BCUT2D eigenvalue weighted by molar-refractivity contribution is -0.130. The highest BCUT2D eigenvalue weighted by molar-refractivity contribution is 7.99. The SMILES string of the molecule is CCCN(C(=O)CSCc1c(C)noc1C)C1CCS(=O)(=O)C1. The van der Waals surface area contributed by atoms with E-state index in [0.717, 1.165) is 23.4 Å². The van der Waals surface area contributed by atoms with Crippen molar-refractivity contribution in [2.75, 3.05) is 23.8 Å². The van der Waals surface area contributed by atoms with Gasteiger partial charge in [0.1, 0.15) is 5.76 Å². The number of carbonyl (C=O) groups is 1. The summed E-state index contributed by atoms with van der Waals surface area (Å²) in [5, 5.41) is 3.91. The van der Waals surface area contributed by atoms with E-state index in [9.17, 15) is 13.2 Å². The summed E-state index contributed by atoms with van der Waals surface area (Å²) in [5.74, 6) is 2.13.